The number of rotatable bonds is 4. The van der Waals surface area contributed by atoms with Crippen LogP contribution in [0.25, 0.3) is 0 Å². The van der Waals surface area contributed by atoms with Crippen molar-refractivity contribution in [2.75, 3.05) is 19.1 Å². The fourth-order valence-electron chi connectivity index (χ4n) is 1.31. The van der Waals surface area contributed by atoms with Gasteiger partial charge in [-0.1, -0.05) is 0 Å². The number of carboxylic acids is 1. The summed E-state index contributed by atoms with van der Waals surface area (Å²) in [5, 5.41) is 8.45. The number of nitrogens with zero attached hydrogens (tertiary/aromatic N) is 1. The van der Waals surface area contributed by atoms with E-state index in [1.54, 1.807) is 0 Å². The Morgan fingerprint density at radius 1 is 1.33 bits per heavy atom. The number of anilines is 1. The highest BCUT2D eigenvalue weighted by Crippen LogP contribution is 2.27. The van der Waals surface area contributed by atoms with Crippen LogP contribution in [0.2, 0.25) is 0 Å². The van der Waals surface area contributed by atoms with E-state index in [1.165, 1.54) is 7.11 Å². The van der Waals surface area contributed by atoms with Crippen molar-refractivity contribution in [3.8, 4) is 5.75 Å². The van der Waals surface area contributed by atoms with Gasteiger partial charge in [0.15, 0.2) is 17.4 Å². The Hall–Kier alpha value is -2.18. The summed E-state index contributed by atoms with van der Waals surface area (Å²) in [6.07, 6.45) is -0.802. The SMILES string of the molecule is COc1cc(F)c(N(C)C(=O)CC(=O)O)cc1F. The van der Waals surface area contributed by atoms with Gasteiger partial charge < -0.3 is 14.7 Å². The van der Waals surface area contributed by atoms with Gasteiger partial charge in [-0.2, -0.15) is 0 Å². The summed E-state index contributed by atoms with van der Waals surface area (Å²) >= 11 is 0. The van der Waals surface area contributed by atoms with Gasteiger partial charge in [-0.3, -0.25) is 9.59 Å². The molecule has 0 aromatic heterocycles. The van der Waals surface area contributed by atoms with Crippen LogP contribution in [-0.4, -0.2) is 31.1 Å². The minimum absolute atomic E-state index is 0.296. The van der Waals surface area contributed by atoms with E-state index in [1.807, 2.05) is 0 Å². The third kappa shape index (κ3) is 2.93. The van der Waals surface area contributed by atoms with Gasteiger partial charge in [0.2, 0.25) is 5.91 Å². The maximum Gasteiger partial charge on any atom is 0.312 e. The van der Waals surface area contributed by atoms with Gasteiger partial charge in [0, 0.05) is 19.2 Å². The number of benzene rings is 1. The number of ether oxygens (including phenoxy) is 1. The molecule has 1 aromatic rings. The van der Waals surface area contributed by atoms with Gasteiger partial charge in [0.1, 0.15) is 6.42 Å². The fourth-order valence-corrected chi connectivity index (χ4v) is 1.31. The third-order valence-electron chi connectivity index (χ3n) is 2.26. The summed E-state index contributed by atoms with van der Waals surface area (Å²) in [7, 11) is 2.34. The maximum absolute atomic E-state index is 13.6. The first-order chi connectivity index (χ1) is 8.36. The highest BCUT2D eigenvalue weighted by atomic mass is 19.1. The molecule has 7 heteroatoms. The lowest BCUT2D eigenvalue weighted by Gasteiger charge is -2.17. The summed E-state index contributed by atoms with van der Waals surface area (Å²) in [4.78, 5) is 22.5. The lowest BCUT2D eigenvalue weighted by Crippen LogP contribution is -2.29. The van der Waals surface area contributed by atoms with E-state index >= 15 is 0 Å². The van der Waals surface area contributed by atoms with Crippen molar-refractivity contribution in [1.82, 2.24) is 0 Å². The minimum atomic E-state index is -1.35. The maximum atomic E-state index is 13.6. The van der Waals surface area contributed by atoms with Crippen LogP contribution < -0.4 is 9.64 Å². The number of hydrogen-bond donors (Lipinski definition) is 1. The fraction of sp³-hybridized carbons (Fsp3) is 0.273. The Morgan fingerprint density at radius 2 is 1.94 bits per heavy atom. The van der Waals surface area contributed by atoms with Gasteiger partial charge in [-0.05, 0) is 0 Å². The first-order valence-electron chi connectivity index (χ1n) is 4.88. The number of aliphatic carboxylic acids is 1. The van der Waals surface area contributed by atoms with Crippen molar-refractivity contribution in [2.24, 2.45) is 0 Å². The highest BCUT2D eigenvalue weighted by Gasteiger charge is 2.20. The lowest BCUT2D eigenvalue weighted by molar-refractivity contribution is -0.140. The average Bonchev–Trinajstić information content (AvgIpc) is 2.29. The molecule has 0 spiro atoms. The number of carboxylic acid groups (broad SMARTS) is 1. The number of hydrogen-bond acceptors (Lipinski definition) is 3. The molecule has 1 rings (SSSR count). The van der Waals surface area contributed by atoms with E-state index in [9.17, 15) is 18.4 Å². The molecule has 1 amide bonds. The van der Waals surface area contributed by atoms with Crippen LogP contribution >= 0.6 is 0 Å². The number of halogens is 2. The molecule has 0 aliphatic carbocycles. The van der Waals surface area contributed by atoms with Crippen molar-refractivity contribution < 1.29 is 28.2 Å². The summed E-state index contributed by atoms with van der Waals surface area (Å²) in [5.74, 6) is -4.22. The molecule has 0 radical (unpaired) electrons. The van der Waals surface area contributed by atoms with Gasteiger partial charge in [-0.15, -0.1) is 0 Å². The van der Waals surface area contributed by atoms with Crippen LogP contribution in [0.1, 0.15) is 6.42 Å². The first kappa shape index (κ1) is 13.9. The van der Waals surface area contributed by atoms with E-state index in [-0.39, 0.29) is 11.4 Å². The Kier molecular flexibility index (Phi) is 4.19. The standard InChI is InChI=1S/C11H11F2NO4/c1-14(10(15)5-11(16)17)8-3-7(13)9(18-2)4-6(8)12/h3-4H,5H2,1-2H3,(H,16,17). The summed E-state index contributed by atoms with van der Waals surface area (Å²) < 4.78 is 31.5. The number of carbonyl (C=O) groups excluding carboxylic acids is 1. The molecular weight excluding hydrogens is 248 g/mol. The zero-order chi connectivity index (χ0) is 13.9. The summed E-state index contributed by atoms with van der Waals surface area (Å²) in [5.41, 5.74) is -0.348. The quantitative estimate of drug-likeness (QED) is 0.830. The van der Waals surface area contributed by atoms with E-state index < -0.39 is 29.9 Å². The van der Waals surface area contributed by atoms with Crippen molar-refractivity contribution in [3.05, 3.63) is 23.8 Å². The van der Waals surface area contributed by atoms with Gasteiger partial charge in [0.05, 0.1) is 12.8 Å². The molecule has 1 N–H and O–H groups in total. The third-order valence-corrected chi connectivity index (χ3v) is 2.26. The Bertz CT molecular complexity index is 490. The molecule has 0 aliphatic heterocycles. The van der Waals surface area contributed by atoms with Gasteiger partial charge in [-0.25, -0.2) is 8.78 Å². The molecule has 0 saturated heterocycles. The first-order valence-corrected chi connectivity index (χ1v) is 4.88. The largest absolute Gasteiger partial charge is 0.494 e. The average molecular weight is 259 g/mol. The molecule has 0 aliphatic rings. The second-order valence-electron chi connectivity index (χ2n) is 3.46. The van der Waals surface area contributed by atoms with Gasteiger partial charge >= 0.3 is 5.97 Å². The van der Waals surface area contributed by atoms with Crippen LogP contribution in [0.15, 0.2) is 12.1 Å². The predicted molar refractivity (Wildman–Crippen MR) is 58.6 cm³/mol. The lowest BCUT2D eigenvalue weighted by atomic mass is 10.2. The molecule has 0 saturated carbocycles. The van der Waals surface area contributed by atoms with Crippen molar-refractivity contribution >= 4 is 17.6 Å². The molecule has 0 unspecified atom stereocenters. The summed E-state index contributed by atoms with van der Waals surface area (Å²) in [6, 6.07) is 1.56. The second-order valence-corrected chi connectivity index (χ2v) is 3.46. The number of carbonyl (C=O) groups is 2. The molecule has 5 nitrogen and oxygen atoms in total. The predicted octanol–water partition coefficient (Wildman–Crippen LogP) is 1.41. The van der Waals surface area contributed by atoms with Crippen LogP contribution in [0, 0.1) is 11.6 Å². The van der Waals surface area contributed by atoms with Crippen molar-refractivity contribution in [1.29, 1.82) is 0 Å². The van der Waals surface area contributed by atoms with Crippen LogP contribution in [0.3, 0.4) is 0 Å². The normalized spacial score (nSPS) is 10.0. The minimum Gasteiger partial charge on any atom is -0.494 e. The molecule has 98 valence electrons. The summed E-state index contributed by atoms with van der Waals surface area (Å²) in [6.45, 7) is 0. The smallest absolute Gasteiger partial charge is 0.312 e. The number of methoxy groups -OCH3 is 1. The van der Waals surface area contributed by atoms with E-state index in [0.717, 1.165) is 24.1 Å². The van der Waals surface area contributed by atoms with Crippen LogP contribution in [0.4, 0.5) is 14.5 Å². The van der Waals surface area contributed by atoms with E-state index in [4.69, 9.17) is 5.11 Å². The molecule has 0 heterocycles. The van der Waals surface area contributed by atoms with Crippen molar-refractivity contribution in [3.63, 3.8) is 0 Å². The zero-order valence-corrected chi connectivity index (χ0v) is 9.74. The molecule has 0 fully saturated rings. The second kappa shape index (κ2) is 5.44. The van der Waals surface area contributed by atoms with Gasteiger partial charge in [0.25, 0.3) is 0 Å². The monoisotopic (exact) mass is 259 g/mol. The highest BCUT2D eigenvalue weighted by molar-refractivity contribution is 6.02. The Morgan fingerprint density at radius 3 is 2.44 bits per heavy atom. The molecule has 0 atom stereocenters. The molecule has 0 bridgehead atoms. The topological polar surface area (TPSA) is 66.8 Å². The van der Waals surface area contributed by atoms with Crippen molar-refractivity contribution in [2.45, 2.75) is 6.42 Å². The Balaban J connectivity index is 3.06. The van der Waals surface area contributed by atoms with E-state index in [2.05, 4.69) is 4.74 Å². The zero-order valence-electron chi connectivity index (χ0n) is 9.74. The Labute approximate surface area is 102 Å². The number of amides is 1. The molecular formula is C11H11F2NO4. The molecule has 18 heavy (non-hydrogen) atoms. The van der Waals surface area contributed by atoms with E-state index in [0.29, 0.717) is 0 Å². The van der Waals surface area contributed by atoms with Crippen LogP contribution in [-0.2, 0) is 9.59 Å². The molecule has 1 aromatic carbocycles. The van der Waals surface area contributed by atoms with Crippen LogP contribution in [0.5, 0.6) is 5.75 Å².